The van der Waals surface area contributed by atoms with Crippen LogP contribution in [0.25, 0.3) is 22.4 Å². The van der Waals surface area contributed by atoms with Gasteiger partial charge in [0.25, 0.3) is 5.91 Å². The number of benzene rings is 1. The maximum absolute atomic E-state index is 13.0. The molecule has 27 heavy (non-hydrogen) atoms. The number of halogens is 1. The number of nitrogens with zero attached hydrogens (tertiary/aromatic N) is 4. The van der Waals surface area contributed by atoms with Crippen molar-refractivity contribution in [2.75, 3.05) is 0 Å². The Hall–Kier alpha value is -3.19. The SMILES string of the molecule is CC(NC(=O)c1cc(-c2ccco2)nc2c(Cl)cccc12)c1nncn1C. The zero-order valence-electron chi connectivity index (χ0n) is 14.7. The monoisotopic (exact) mass is 381 g/mol. The molecule has 1 unspecified atom stereocenters. The Morgan fingerprint density at radius 3 is 2.85 bits per heavy atom. The van der Waals surface area contributed by atoms with E-state index in [2.05, 4.69) is 20.5 Å². The first-order valence-corrected chi connectivity index (χ1v) is 8.70. The summed E-state index contributed by atoms with van der Waals surface area (Å²) in [6, 6.07) is 10.3. The van der Waals surface area contributed by atoms with Crippen LogP contribution in [0.15, 0.2) is 53.4 Å². The van der Waals surface area contributed by atoms with Gasteiger partial charge in [-0.15, -0.1) is 10.2 Å². The first-order chi connectivity index (χ1) is 13.0. The van der Waals surface area contributed by atoms with Crippen LogP contribution in [0.5, 0.6) is 0 Å². The maximum Gasteiger partial charge on any atom is 0.252 e. The fourth-order valence-corrected chi connectivity index (χ4v) is 3.19. The Morgan fingerprint density at radius 2 is 2.15 bits per heavy atom. The molecule has 1 aromatic carbocycles. The van der Waals surface area contributed by atoms with Crippen molar-refractivity contribution in [1.82, 2.24) is 25.1 Å². The largest absolute Gasteiger partial charge is 0.463 e. The summed E-state index contributed by atoms with van der Waals surface area (Å²) in [6.45, 7) is 1.85. The number of hydrogen-bond donors (Lipinski definition) is 1. The Kier molecular flexibility index (Phi) is 4.37. The van der Waals surface area contributed by atoms with Gasteiger partial charge in [0.05, 0.1) is 28.4 Å². The van der Waals surface area contributed by atoms with E-state index in [9.17, 15) is 4.79 Å². The lowest BCUT2D eigenvalue weighted by Gasteiger charge is -2.15. The standard InChI is InChI=1S/C19H16ClN5O2/c1-11(18-24-21-10-25(18)2)22-19(26)13-9-15(16-7-4-8-27-16)23-17-12(13)5-3-6-14(17)20/h3-11H,1-2H3,(H,22,26). The van der Waals surface area contributed by atoms with Gasteiger partial charge in [-0.3, -0.25) is 4.79 Å². The smallest absolute Gasteiger partial charge is 0.252 e. The first-order valence-electron chi connectivity index (χ1n) is 8.32. The highest BCUT2D eigenvalue weighted by atomic mass is 35.5. The van der Waals surface area contributed by atoms with E-state index in [0.29, 0.717) is 38.8 Å². The second kappa shape index (κ2) is 6.85. The summed E-state index contributed by atoms with van der Waals surface area (Å²) >= 11 is 6.33. The summed E-state index contributed by atoms with van der Waals surface area (Å²) in [6.07, 6.45) is 3.15. The molecule has 7 nitrogen and oxygen atoms in total. The molecule has 8 heteroatoms. The minimum Gasteiger partial charge on any atom is -0.463 e. The average Bonchev–Trinajstić information content (AvgIpc) is 3.33. The second-order valence-electron chi connectivity index (χ2n) is 6.16. The molecule has 1 N–H and O–H groups in total. The highest BCUT2D eigenvalue weighted by Crippen LogP contribution is 2.29. The molecule has 0 bridgehead atoms. The lowest BCUT2D eigenvalue weighted by Crippen LogP contribution is -2.28. The number of amides is 1. The third-order valence-electron chi connectivity index (χ3n) is 4.29. The Bertz CT molecular complexity index is 1120. The fourth-order valence-electron chi connectivity index (χ4n) is 2.98. The zero-order valence-corrected chi connectivity index (χ0v) is 15.4. The summed E-state index contributed by atoms with van der Waals surface area (Å²) in [7, 11) is 1.83. The minimum atomic E-state index is -0.320. The quantitative estimate of drug-likeness (QED) is 0.581. The number of carbonyl (C=O) groups excluding carboxylic acids is 1. The van der Waals surface area contributed by atoms with Crippen LogP contribution < -0.4 is 5.32 Å². The number of fused-ring (bicyclic) bond motifs is 1. The van der Waals surface area contributed by atoms with Crippen molar-refractivity contribution in [1.29, 1.82) is 0 Å². The molecule has 0 saturated carbocycles. The number of para-hydroxylation sites is 1. The molecule has 0 spiro atoms. The summed E-state index contributed by atoms with van der Waals surface area (Å²) in [4.78, 5) is 17.6. The summed E-state index contributed by atoms with van der Waals surface area (Å²) < 4.78 is 7.20. The van der Waals surface area contributed by atoms with E-state index in [0.717, 1.165) is 0 Å². The fraction of sp³-hybridized carbons (Fsp3) is 0.158. The van der Waals surface area contributed by atoms with Crippen LogP contribution in [0.4, 0.5) is 0 Å². The number of furan rings is 1. The third-order valence-corrected chi connectivity index (χ3v) is 4.59. The van der Waals surface area contributed by atoms with E-state index in [-0.39, 0.29) is 11.9 Å². The molecular weight excluding hydrogens is 366 g/mol. The Balaban J connectivity index is 1.79. The van der Waals surface area contributed by atoms with Crippen LogP contribution in [-0.2, 0) is 7.05 Å². The van der Waals surface area contributed by atoms with Crippen LogP contribution >= 0.6 is 11.6 Å². The van der Waals surface area contributed by atoms with Gasteiger partial charge in [0.15, 0.2) is 11.6 Å². The highest BCUT2D eigenvalue weighted by molar-refractivity contribution is 6.35. The van der Waals surface area contributed by atoms with E-state index in [1.807, 2.05) is 20.0 Å². The van der Waals surface area contributed by atoms with Crippen molar-refractivity contribution >= 4 is 28.4 Å². The molecule has 0 fully saturated rings. The van der Waals surface area contributed by atoms with Crippen molar-refractivity contribution in [3.05, 3.63) is 65.4 Å². The first kappa shape index (κ1) is 17.2. The number of rotatable bonds is 4. The lowest BCUT2D eigenvalue weighted by molar-refractivity contribution is 0.0939. The molecule has 4 aromatic rings. The van der Waals surface area contributed by atoms with Crippen molar-refractivity contribution in [3.8, 4) is 11.5 Å². The molecule has 3 aromatic heterocycles. The topological polar surface area (TPSA) is 85.8 Å². The molecule has 0 aliphatic carbocycles. The maximum atomic E-state index is 13.0. The highest BCUT2D eigenvalue weighted by Gasteiger charge is 2.20. The normalized spacial score (nSPS) is 12.3. The Morgan fingerprint density at radius 1 is 1.30 bits per heavy atom. The van der Waals surface area contributed by atoms with Crippen molar-refractivity contribution in [2.45, 2.75) is 13.0 Å². The van der Waals surface area contributed by atoms with Crippen LogP contribution in [0.1, 0.15) is 29.1 Å². The molecule has 0 aliphatic heterocycles. The van der Waals surface area contributed by atoms with Gasteiger partial charge in [-0.25, -0.2) is 4.98 Å². The zero-order chi connectivity index (χ0) is 19.0. The van der Waals surface area contributed by atoms with E-state index < -0.39 is 0 Å². The van der Waals surface area contributed by atoms with E-state index in [4.69, 9.17) is 16.0 Å². The van der Waals surface area contributed by atoms with E-state index in [1.165, 1.54) is 0 Å². The number of hydrogen-bond acceptors (Lipinski definition) is 5. The van der Waals surface area contributed by atoms with Gasteiger partial charge in [0.1, 0.15) is 12.0 Å². The molecule has 0 aliphatic rings. The molecule has 0 radical (unpaired) electrons. The minimum absolute atomic E-state index is 0.257. The summed E-state index contributed by atoms with van der Waals surface area (Å²) in [5.74, 6) is 0.964. The number of aryl methyl sites for hydroxylation is 1. The lowest BCUT2D eigenvalue weighted by atomic mass is 10.1. The van der Waals surface area contributed by atoms with Gasteiger partial charge in [0.2, 0.25) is 0 Å². The molecule has 1 atom stereocenters. The summed E-state index contributed by atoms with van der Waals surface area (Å²) in [5.41, 5.74) is 1.55. The molecule has 0 saturated heterocycles. The molecule has 4 rings (SSSR count). The van der Waals surface area contributed by atoms with Crippen LogP contribution in [0.3, 0.4) is 0 Å². The Labute approximate surface area is 160 Å². The van der Waals surface area contributed by atoms with Gasteiger partial charge < -0.3 is 14.3 Å². The predicted octanol–water partition coefficient (Wildman–Crippen LogP) is 3.77. The molecular formula is C19H16ClN5O2. The van der Waals surface area contributed by atoms with Gasteiger partial charge in [-0.05, 0) is 31.2 Å². The number of carbonyl (C=O) groups is 1. The van der Waals surface area contributed by atoms with E-state index in [1.54, 1.807) is 47.5 Å². The van der Waals surface area contributed by atoms with Gasteiger partial charge in [0, 0.05) is 12.4 Å². The van der Waals surface area contributed by atoms with Crippen molar-refractivity contribution in [3.63, 3.8) is 0 Å². The van der Waals surface area contributed by atoms with Crippen LogP contribution in [-0.4, -0.2) is 25.7 Å². The van der Waals surface area contributed by atoms with Crippen molar-refractivity contribution in [2.24, 2.45) is 7.05 Å². The van der Waals surface area contributed by atoms with Crippen LogP contribution in [0, 0.1) is 0 Å². The molecule has 1 amide bonds. The summed E-state index contributed by atoms with van der Waals surface area (Å²) in [5, 5.41) is 12.0. The van der Waals surface area contributed by atoms with Gasteiger partial charge in [-0.1, -0.05) is 23.7 Å². The third kappa shape index (κ3) is 3.17. The van der Waals surface area contributed by atoms with Crippen LogP contribution in [0.2, 0.25) is 5.02 Å². The number of pyridine rings is 1. The average molecular weight is 382 g/mol. The van der Waals surface area contributed by atoms with E-state index >= 15 is 0 Å². The van der Waals surface area contributed by atoms with Crippen molar-refractivity contribution < 1.29 is 9.21 Å². The van der Waals surface area contributed by atoms with Gasteiger partial charge >= 0.3 is 0 Å². The predicted molar refractivity (Wildman–Crippen MR) is 101 cm³/mol. The number of aromatic nitrogens is 4. The van der Waals surface area contributed by atoms with Gasteiger partial charge in [-0.2, -0.15) is 0 Å². The molecule has 3 heterocycles. The second-order valence-corrected chi connectivity index (χ2v) is 6.57. The number of nitrogens with one attached hydrogen (secondary N) is 1. The molecule has 136 valence electrons.